The maximum Gasteiger partial charge on any atom is 0.200 e. The topological polar surface area (TPSA) is 21.8 Å². The number of hydrogen-bond donors (Lipinski definition) is 0. The van der Waals surface area contributed by atoms with E-state index in [1.54, 1.807) is 12.1 Å². The van der Waals surface area contributed by atoms with Gasteiger partial charge in [0, 0.05) is 5.56 Å². The van der Waals surface area contributed by atoms with E-state index < -0.39 is 11.6 Å². The minimum Gasteiger partial charge on any atom is -0.490 e. The molecule has 1 aromatic rings. The van der Waals surface area contributed by atoms with Crippen molar-refractivity contribution < 1.29 is 18.3 Å². The summed E-state index contributed by atoms with van der Waals surface area (Å²) in [7, 11) is 0. The Labute approximate surface area is 136 Å². The molecule has 23 heavy (non-hydrogen) atoms. The summed E-state index contributed by atoms with van der Waals surface area (Å²) >= 11 is 0. The van der Waals surface area contributed by atoms with Gasteiger partial charge in [-0.05, 0) is 61.5 Å². The molecule has 2 nitrogen and oxygen atoms in total. The van der Waals surface area contributed by atoms with Crippen LogP contribution in [0.3, 0.4) is 0 Å². The SMILES string of the molecule is CCC1CCC2C(COc3ccc(C4CO4)c(F)c3F)CCC12. The second-order valence-corrected chi connectivity index (χ2v) is 7.32. The molecule has 1 aromatic carbocycles. The van der Waals surface area contributed by atoms with E-state index in [4.69, 9.17) is 9.47 Å². The molecular weight excluding hydrogens is 298 g/mol. The fraction of sp³-hybridized carbons (Fsp3) is 0.684. The molecule has 4 heteroatoms. The molecule has 4 rings (SSSR count). The van der Waals surface area contributed by atoms with Gasteiger partial charge in [0.25, 0.3) is 0 Å². The van der Waals surface area contributed by atoms with E-state index in [1.165, 1.54) is 25.7 Å². The van der Waals surface area contributed by atoms with Crippen molar-refractivity contribution in [3.05, 3.63) is 29.3 Å². The number of epoxide rings is 1. The minimum absolute atomic E-state index is 0.0420. The van der Waals surface area contributed by atoms with Crippen molar-refractivity contribution in [1.29, 1.82) is 0 Å². The molecular formula is C19H24F2O2. The van der Waals surface area contributed by atoms with Crippen molar-refractivity contribution in [3.63, 3.8) is 0 Å². The molecule has 1 aliphatic heterocycles. The summed E-state index contributed by atoms with van der Waals surface area (Å²) in [6.45, 7) is 3.26. The van der Waals surface area contributed by atoms with Crippen LogP contribution in [0.5, 0.6) is 5.75 Å². The van der Waals surface area contributed by atoms with Crippen LogP contribution >= 0.6 is 0 Å². The van der Waals surface area contributed by atoms with E-state index in [0.29, 0.717) is 30.6 Å². The fourth-order valence-electron chi connectivity index (χ4n) is 4.89. The summed E-state index contributed by atoms with van der Waals surface area (Å²) in [6, 6.07) is 3.14. The summed E-state index contributed by atoms with van der Waals surface area (Å²) < 4.78 is 38.9. The zero-order valence-corrected chi connectivity index (χ0v) is 13.6. The van der Waals surface area contributed by atoms with Gasteiger partial charge < -0.3 is 9.47 Å². The average molecular weight is 322 g/mol. The zero-order valence-electron chi connectivity index (χ0n) is 13.6. The van der Waals surface area contributed by atoms with Crippen LogP contribution in [0.2, 0.25) is 0 Å². The lowest BCUT2D eigenvalue weighted by Crippen LogP contribution is -2.19. The third-order valence-electron chi connectivity index (χ3n) is 6.24. The zero-order chi connectivity index (χ0) is 16.0. The van der Waals surface area contributed by atoms with E-state index in [1.807, 2.05) is 0 Å². The number of hydrogen-bond acceptors (Lipinski definition) is 2. The lowest BCUT2D eigenvalue weighted by atomic mass is 9.88. The summed E-state index contributed by atoms with van der Waals surface area (Å²) in [5, 5.41) is 0. The monoisotopic (exact) mass is 322 g/mol. The van der Waals surface area contributed by atoms with E-state index >= 15 is 0 Å². The molecule has 2 saturated carbocycles. The molecule has 1 saturated heterocycles. The first-order valence-electron chi connectivity index (χ1n) is 8.91. The van der Waals surface area contributed by atoms with Gasteiger partial charge in [0.2, 0.25) is 5.82 Å². The van der Waals surface area contributed by atoms with Crippen molar-refractivity contribution >= 4 is 0 Å². The quantitative estimate of drug-likeness (QED) is 0.721. The highest BCUT2D eigenvalue weighted by Gasteiger charge is 2.44. The Balaban J connectivity index is 1.41. The molecule has 5 unspecified atom stereocenters. The summed E-state index contributed by atoms with van der Waals surface area (Å²) in [5.74, 6) is 1.24. The molecule has 3 aliphatic rings. The van der Waals surface area contributed by atoms with Gasteiger partial charge in [-0.25, -0.2) is 4.39 Å². The lowest BCUT2D eigenvalue weighted by molar-refractivity contribution is 0.194. The number of rotatable bonds is 5. The average Bonchev–Trinajstić information content (AvgIpc) is 3.18. The number of ether oxygens (including phenoxy) is 2. The Morgan fingerprint density at radius 1 is 1.04 bits per heavy atom. The van der Waals surface area contributed by atoms with Gasteiger partial charge in [-0.2, -0.15) is 4.39 Å². The molecule has 3 fully saturated rings. The predicted octanol–water partition coefficient (Wildman–Crippen LogP) is 4.88. The van der Waals surface area contributed by atoms with Crippen LogP contribution in [0.15, 0.2) is 12.1 Å². The van der Waals surface area contributed by atoms with Gasteiger partial charge in [-0.3, -0.25) is 0 Å². The van der Waals surface area contributed by atoms with Crippen LogP contribution in [0, 0.1) is 35.3 Å². The smallest absolute Gasteiger partial charge is 0.200 e. The molecule has 126 valence electrons. The first-order valence-corrected chi connectivity index (χ1v) is 8.91. The van der Waals surface area contributed by atoms with Crippen LogP contribution < -0.4 is 4.74 Å². The fourth-order valence-corrected chi connectivity index (χ4v) is 4.89. The Hall–Kier alpha value is -1.16. The molecule has 0 N–H and O–H groups in total. The first-order chi connectivity index (χ1) is 11.2. The number of benzene rings is 1. The summed E-state index contributed by atoms with van der Waals surface area (Å²) in [5.41, 5.74) is 0.303. The maximum absolute atomic E-state index is 14.2. The van der Waals surface area contributed by atoms with Crippen molar-refractivity contribution in [2.75, 3.05) is 13.2 Å². The van der Waals surface area contributed by atoms with Gasteiger partial charge in [-0.15, -0.1) is 0 Å². The third-order valence-corrected chi connectivity index (χ3v) is 6.24. The first kappa shape index (κ1) is 15.4. The Morgan fingerprint density at radius 2 is 1.74 bits per heavy atom. The van der Waals surface area contributed by atoms with Gasteiger partial charge in [-0.1, -0.05) is 13.3 Å². The van der Waals surface area contributed by atoms with Gasteiger partial charge in [0.15, 0.2) is 11.6 Å². The second-order valence-electron chi connectivity index (χ2n) is 7.32. The lowest BCUT2D eigenvalue weighted by Gasteiger charge is -2.20. The highest BCUT2D eigenvalue weighted by molar-refractivity contribution is 5.33. The molecule has 1 heterocycles. The van der Waals surface area contributed by atoms with Crippen molar-refractivity contribution in [2.45, 2.75) is 45.1 Å². The molecule has 0 radical (unpaired) electrons. The standard InChI is InChI=1S/C19H24F2O2/c1-2-11-3-5-14-12(4-6-13(11)14)9-22-16-8-7-15(17-10-23-17)18(20)19(16)21/h7-8,11-14,17H,2-6,9-10H2,1H3. The molecule has 5 atom stereocenters. The van der Waals surface area contributed by atoms with Crippen LogP contribution in [-0.2, 0) is 4.74 Å². The molecule has 0 amide bonds. The Morgan fingerprint density at radius 3 is 2.43 bits per heavy atom. The minimum atomic E-state index is -0.870. The normalized spacial score (nSPS) is 35.3. The molecule has 0 bridgehead atoms. The predicted molar refractivity (Wildman–Crippen MR) is 83.3 cm³/mol. The molecule has 0 aromatic heterocycles. The van der Waals surface area contributed by atoms with Crippen LogP contribution in [0.25, 0.3) is 0 Å². The highest BCUT2D eigenvalue weighted by atomic mass is 19.2. The molecule has 0 spiro atoms. The Bertz CT molecular complexity index is 585. The largest absolute Gasteiger partial charge is 0.490 e. The maximum atomic E-state index is 14.2. The highest BCUT2D eigenvalue weighted by Crippen LogP contribution is 2.51. The van der Waals surface area contributed by atoms with Gasteiger partial charge in [0.05, 0.1) is 13.2 Å². The Kier molecular flexibility index (Phi) is 4.04. The van der Waals surface area contributed by atoms with Gasteiger partial charge in [0.1, 0.15) is 6.10 Å². The van der Waals surface area contributed by atoms with Gasteiger partial charge >= 0.3 is 0 Å². The molecule has 2 aliphatic carbocycles. The van der Waals surface area contributed by atoms with Crippen LogP contribution in [0.4, 0.5) is 8.78 Å². The summed E-state index contributed by atoms with van der Waals surface area (Å²) in [4.78, 5) is 0. The van der Waals surface area contributed by atoms with E-state index in [0.717, 1.165) is 18.3 Å². The number of fused-ring (bicyclic) bond motifs is 1. The summed E-state index contributed by atoms with van der Waals surface area (Å²) in [6.07, 6.45) is 6.00. The van der Waals surface area contributed by atoms with Crippen molar-refractivity contribution in [1.82, 2.24) is 0 Å². The third kappa shape index (κ3) is 2.75. The van der Waals surface area contributed by atoms with Crippen molar-refractivity contribution in [2.24, 2.45) is 23.7 Å². The second kappa shape index (κ2) is 6.04. The van der Waals surface area contributed by atoms with Crippen molar-refractivity contribution in [3.8, 4) is 5.75 Å². The van der Waals surface area contributed by atoms with Crippen LogP contribution in [0.1, 0.15) is 50.7 Å². The van der Waals surface area contributed by atoms with E-state index in [9.17, 15) is 8.78 Å². The number of halogens is 2. The van der Waals surface area contributed by atoms with E-state index in [2.05, 4.69) is 6.92 Å². The van der Waals surface area contributed by atoms with Crippen LogP contribution in [-0.4, -0.2) is 13.2 Å². The van der Waals surface area contributed by atoms with E-state index in [-0.39, 0.29) is 11.9 Å².